The van der Waals surface area contributed by atoms with Gasteiger partial charge in [-0.25, -0.2) is 0 Å². The molecule has 0 bridgehead atoms. The Labute approximate surface area is 112 Å². The van der Waals surface area contributed by atoms with E-state index in [0.717, 1.165) is 6.54 Å². The van der Waals surface area contributed by atoms with Crippen molar-refractivity contribution in [3.05, 3.63) is 40.6 Å². The summed E-state index contributed by atoms with van der Waals surface area (Å²) in [6.45, 7) is 6.98. The van der Waals surface area contributed by atoms with Crippen molar-refractivity contribution in [1.82, 2.24) is 0 Å². The van der Waals surface area contributed by atoms with Crippen molar-refractivity contribution in [3.63, 3.8) is 0 Å². The van der Waals surface area contributed by atoms with E-state index in [0.29, 0.717) is 0 Å². The van der Waals surface area contributed by atoms with Crippen molar-refractivity contribution in [3.8, 4) is 0 Å². The molecule has 0 radical (unpaired) electrons. The predicted octanol–water partition coefficient (Wildman–Crippen LogP) is 2.98. The zero-order valence-electron chi connectivity index (χ0n) is 9.75. The first-order valence-corrected chi connectivity index (χ1v) is 7.52. The van der Waals surface area contributed by atoms with Crippen LogP contribution in [-0.4, -0.2) is 27.7 Å². The summed E-state index contributed by atoms with van der Waals surface area (Å²) in [5.74, 6) is 0. The quantitative estimate of drug-likeness (QED) is 0.330. The van der Waals surface area contributed by atoms with Gasteiger partial charge < -0.3 is 17.3 Å². The van der Waals surface area contributed by atoms with Gasteiger partial charge in [-0.15, -0.1) is 0 Å². The van der Waals surface area contributed by atoms with E-state index >= 15 is 0 Å². The largest absolute Gasteiger partial charge is 0.673 e. The van der Waals surface area contributed by atoms with Crippen LogP contribution in [0.5, 0.6) is 0 Å². The predicted molar refractivity (Wildman–Crippen MR) is 66.2 cm³/mol. The van der Waals surface area contributed by atoms with Crippen molar-refractivity contribution >= 4 is 36.6 Å². The number of benzene rings is 1. The van der Waals surface area contributed by atoms with Crippen LogP contribution in [-0.2, 0) is 6.54 Å². The van der Waals surface area contributed by atoms with Gasteiger partial charge in [0.1, 0.15) is 0 Å². The van der Waals surface area contributed by atoms with Crippen LogP contribution in [0.3, 0.4) is 0 Å². The standard InChI is InChI=1S/C11H12NTe.BF4/c1-3-8-12-9(2)13-11-7-5-4-6-10(11)12;2-1(3,4)5/h3-7H,1,8H2,2H3;/q+1;-1. The number of hydrogen-bond donors (Lipinski definition) is 0. The van der Waals surface area contributed by atoms with Crippen LogP contribution in [0, 0.1) is 6.92 Å². The molecule has 0 saturated heterocycles. The van der Waals surface area contributed by atoms with Gasteiger partial charge in [0, 0.05) is 0 Å². The second-order valence-electron chi connectivity index (χ2n) is 3.48. The number of para-hydroxylation sites is 1. The fourth-order valence-electron chi connectivity index (χ4n) is 1.51. The van der Waals surface area contributed by atoms with E-state index in [-0.39, 0.29) is 20.4 Å². The molecular weight excluding hydrogens is 361 g/mol. The summed E-state index contributed by atoms with van der Waals surface area (Å²) in [5, 5.41) is 0. The van der Waals surface area contributed by atoms with E-state index in [1.54, 1.807) is 7.11 Å². The molecule has 0 aliphatic rings. The van der Waals surface area contributed by atoms with Crippen LogP contribution in [0.25, 0.3) is 8.92 Å². The number of allylic oxidation sites excluding steroid dienone is 1. The average molecular weight is 373 g/mol. The third kappa shape index (κ3) is 4.83. The Bertz CT molecular complexity index is 529. The third-order valence-corrected chi connectivity index (χ3v) is 5.19. The number of aromatic nitrogens is 1. The van der Waals surface area contributed by atoms with Crippen LogP contribution in [0.4, 0.5) is 17.3 Å². The monoisotopic (exact) mass is 375 g/mol. The molecule has 1 nitrogen and oxygen atoms in total. The zero-order valence-corrected chi connectivity index (χ0v) is 12.1. The van der Waals surface area contributed by atoms with E-state index in [1.807, 2.05) is 6.08 Å². The van der Waals surface area contributed by atoms with Gasteiger partial charge >= 0.3 is 95.3 Å². The van der Waals surface area contributed by atoms with Gasteiger partial charge in [0.05, 0.1) is 0 Å². The van der Waals surface area contributed by atoms with E-state index < -0.39 is 7.25 Å². The van der Waals surface area contributed by atoms with Gasteiger partial charge in [-0.2, -0.15) is 0 Å². The Balaban J connectivity index is 0.000000280. The van der Waals surface area contributed by atoms with Crippen molar-refractivity contribution in [2.75, 3.05) is 0 Å². The number of fused-ring (bicyclic) bond motifs is 1. The number of aryl methyl sites for hydroxylation is 1. The normalized spacial score (nSPS) is 10.9. The van der Waals surface area contributed by atoms with Crippen LogP contribution >= 0.6 is 0 Å². The maximum absolute atomic E-state index is 9.75. The summed E-state index contributed by atoms with van der Waals surface area (Å²) < 4.78 is 44.5. The zero-order chi connectivity index (χ0) is 13.8. The minimum Gasteiger partial charge on any atom is -0.418 e. The minimum absolute atomic E-state index is 0.0773. The molecule has 98 valence electrons. The van der Waals surface area contributed by atoms with Gasteiger partial charge in [0.25, 0.3) is 0 Å². The molecule has 0 N–H and O–H groups in total. The van der Waals surface area contributed by atoms with Crippen LogP contribution < -0.4 is 4.57 Å². The number of nitrogens with zero attached hydrogens (tertiary/aromatic N) is 1. The van der Waals surface area contributed by atoms with Crippen LogP contribution in [0.2, 0.25) is 0 Å². The molecule has 2 aromatic rings. The van der Waals surface area contributed by atoms with Gasteiger partial charge in [-0.1, -0.05) is 0 Å². The maximum Gasteiger partial charge on any atom is 0.673 e. The molecule has 0 saturated carbocycles. The van der Waals surface area contributed by atoms with E-state index in [1.165, 1.54) is 5.52 Å². The molecule has 1 heterocycles. The summed E-state index contributed by atoms with van der Waals surface area (Å²) in [7, 11) is -6.00. The second-order valence-corrected chi connectivity index (χ2v) is 7.01. The van der Waals surface area contributed by atoms with E-state index in [2.05, 4.69) is 42.3 Å². The summed E-state index contributed by atoms with van der Waals surface area (Å²) in [6.07, 6.45) is 1.97. The summed E-state index contributed by atoms with van der Waals surface area (Å²) in [6, 6.07) is 8.71. The molecule has 0 amide bonds. The van der Waals surface area contributed by atoms with Crippen molar-refractivity contribution in [2.45, 2.75) is 13.5 Å². The fourth-order valence-corrected chi connectivity index (χ4v) is 4.45. The number of hydrogen-bond acceptors (Lipinski definition) is 0. The van der Waals surface area contributed by atoms with Crippen LogP contribution in [0.1, 0.15) is 3.71 Å². The van der Waals surface area contributed by atoms with E-state index in [4.69, 9.17) is 0 Å². The molecule has 0 fully saturated rings. The molecule has 0 atom stereocenters. The molecule has 1 aromatic heterocycles. The molecule has 7 heteroatoms. The summed E-state index contributed by atoms with van der Waals surface area (Å²) >= 11 is -0.0773. The molecule has 2 rings (SSSR count). The molecule has 1 aromatic carbocycles. The van der Waals surface area contributed by atoms with Gasteiger partial charge in [0.2, 0.25) is 0 Å². The first kappa shape index (κ1) is 15.3. The molecule has 0 aliphatic heterocycles. The smallest absolute Gasteiger partial charge is 0.418 e. The third-order valence-electron chi connectivity index (χ3n) is 2.11. The van der Waals surface area contributed by atoms with E-state index in [9.17, 15) is 17.3 Å². The van der Waals surface area contributed by atoms with Gasteiger partial charge in [-0.05, 0) is 0 Å². The number of rotatable bonds is 2. The molecule has 0 spiro atoms. The Kier molecular flexibility index (Phi) is 5.42. The molecule has 0 aliphatic carbocycles. The Hall–Kier alpha value is -0.795. The van der Waals surface area contributed by atoms with Crippen molar-refractivity contribution in [2.24, 2.45) is 0 Å². The van der Waals surface area contributed by atoms with Crippen molar-refractivity contribution < 1.29 is 21.8 Å². The SMILES string of the molecule is C=CC[n+]1c(C)[te]c2ccccc21.F[B-](F)(F)F. The Morgan fingerprint density at radius 1 is 1.28 bits per heavy atom. The van der Waals surface area contributed by atoms with Gasteiger partial charge in [0.15, 0.2) is 0 Å². The van der Waals surface area contributed by atoms with Crippen LogP contribution in [0.15, 0.2) is 36.9 Å². The molecule has 0 unspecified atom stereocenters. The van der Waals surface area contributed by atoms with Crippen molar-refractivity contribution in [1.29, 1.82) is 0 Å². The molecular formula is C11H12BF4NTe. The topological polar surface area (TPSA) is 3.88 Å². The average Bonchev–Trinajstić information content (AvgIpc) is 2.54. The summed E-state index contributed by atoms with van der Waals surface area (Å²) in [5.41, 5.74) is 1.40. The summed E-state index contributed by atoms with van der Waals surface area (Å²) in [4.78, 5) is 0. The second kappa shape index (κ2) is 6.39. The fraction of sp³-hybridized carbons (Fsp3) is 0.182. The molecule has 18 heavy (non-hydrogen) atoms. The van der Waals surface area contributed by atoms with Gasteiger partial charge in [-0.3, -0.25) is 0 Å². The first-order valence-electron chi connectivity index (χ1n) is 5.19. The first-order chi connectivity index (χ1) is 8.33. The Morgan fingerprint density at radius 2 is 1.83 bits per heavy atom. The Morgan fingerprint density at radius 3 is 2.39 bits per heavy atom. The number of halogens is 4. The maximum atomic E-state index is 9.75. The minimum atomic E-state index is -6.00.